The molecule has 0 fully saturated rings. The maximum Gasteiger partial charge on any atom is 0.299 e. The molecule has 0 aliphatic carbocycles. The van der Waals surface area contributed by atoms with Gasteiger partial charge in [-0.25, -0.2) is 4.98 Å². The molecule has 1 heterocycles. The summed E-state index contributed by atoms with van der Waals surface area (Å²) in [5, 5.41) is 0.667. The Labute approximate surface area is 110 Å². The molecule has 0 N–H and O–H groups in total. The van der Waals surface area contributed by atoms with E-state index in [9.17, 15) is 4.79 Å². The first-order chi connectivity index (χ1) is 8.60. The Morgan fingerprint density at radius 3 is 2.61 bits per heavy atom. The number of ether oxygens (including phenoxy) is 1. The molecule has 0 unspecified atom stereocenters. The SMILES string of the molecule is COc1nc(C)cc(=O)n1Cc1ccc(Cl)cc1. The van der Waals surface area contributed by atoms with Crippen molar-refractivity contribution in [2.75, 3.05) is 7.11 Å². The molecule has 2 aromatic rings. The minimum absolute atomic E-state index is 0.130. The van der Waals surface area contributed by atoms with Gasteiger partial charge in [-0.15, -0.1) is 0 Å². The van der Waals surface area contributed by atoms with Crippen LogP contribution in [0.2, 0.25) is 5.02 Å². The smallest absolute Gasteiger partial charge is 0.299 e. The van der Waals surface area contributed by atoms with Gasteiger partial charge in [-0.3, -0.25) is 9.36 Å². The van der Waals surface area contributed by atoms with Crippen LogP contribution in [-0.4, -0.2) is 16.7 Å². The van der Waals surface area contributed by atoms with Gasteiger partial charge < -0.3 is 4.74 Å². The second-order valence-corrected chi connectivity index (χ2v) is 4.37. The fraction of sp³-hybridized carbons (Fsp3) is 0.231. The van der Waals surface area contributed by atoms with Crippen LogP contribution < -0.4 is 10.3 Å². The Hall–Kier alpha value is -1.81. The highest BCUT2D eigenvalue weighted by atomic mass is 35.5. The topological polar surface area (TPSA) is 44.1 Å². The van der Waals surface area contributed by atoms with Gasteiger partial charge in [0.25, 0.3) is 11.6 Å². The summed E-state index contributed by atoms with van der Waals surface area (Å²) < 4.78 is 6.61. The number of hydrogen-bond acceptors (Lipinski definition) is 3. The first-order valence-corrected chi connectivity index (χ1v) is 5.85. The fourth-order valence-corrected chi connectivity index (χ4v) is 1.79. The lowest BCUT2D eigenvalue weighted by Gasteiger charge is -2.10. The lowest BCUT2D eigenvalue weighted by atomic mass is 10.2. The highest BCUT2D eigenvalue weighted by Crippen LogP contribution is 2.12. The van der Waals surface area contributed by atoms with Crippen molar-refractivity contribution in [2.24, 2.45) is 0 Å². The van der Waals surface area contributed by atoms with E-state index < -0.39 is 0 Å². The summed E-state index contributed by atoms with van der Waals surface area (Å²) in [6, 6.07) is 9.11. The van der Waals surface area contributed by atoms with Gasteiger partial charge >= 0.3 is 0 Å². The lowest BCUT2D eigenvalue weighted by Crippen LogP contribution is -2.23. The quantitative estimate of drug-likeness (QED) is 0.854. The van der Waals surface area contributed by atoms with Crippen molar-refractivity contribution in [2.45, 2.75) is 13.5 Å². The van der Waals surface area contributed by atoms with Crippen LogP contribution in [0.15, 0.2) is 35.1 Å². The summed E-state index contributed by atoms with van der Waals surface area (Å²) >= 11 is 5.82. The average molecular weight is 265 g/mol. The molecule has 0 aliphatic rings. The van der Waals surface area contributed by atoms with E-state index in [1.165, 1.54) is 17.7 Å². The molecular weight excluding hydrogens is 252 g/mol. The molecule has 4 nitrogen and oxygen atoms in total. The van der Waals surface area contributed by atoms with E-state index in [2.05, 4.69) is 4.98 Å². The van der Waals surface area contributed by atoms with Crippen molar-refractivity contribution < 1.29 is 4.74 Å². The number of aryl methyl sites for hydroxylation is 1. The average Bonchev–Trinajstić information content (AvgIpc) is 2.34. The van der Waals surface area contributed by atoms with Crippen molar-refractivity contribution >= 4 is 11.6 Å². The van der Waals surface area contributed by atoms with E-state index in [1.807, 2.05) is 12.1 Å². The number of nitrogens with zero attached hydrogens (tertiary/aromatic N) is 2. The van der Waals surface area contributed by atoms with Crippen LogP contribution in [-0.2, 0) is 6.54 Å². The standard InChI is InChI=1S/C13H13ClN2O2/c1-9-7-12(17)16(13(15-9)18-2)8-10-3-5-11(14)6-4-10/h3-7H,8H2,1-2H3. The van der Waals surface area contributed by atoms with Crippen molar-refractivity contribution in [1.82, 2.24) is 9.55 Å². The Balaban J connectivity index is 2.39. The maximum atomic E-state index is 11.9. The minimum Gasteiger partial charge on any atom is -0.468 e. The van der Waals surface area contributed by atoms with Gasteiger partial charge in [0.1, 0.15) is 0 Å². The molecule has 2 rings (SSSR count). The van der Waals surface area contributed by atoms with E-state index in [0.29, 0.717) is 23.3 Å². The third kappa shape index (κ3) is 2.71. The van der Waals surface area contributed by atoms with Gasteiger partial charge in [-0.2, -0.15) is 0 Å². The largest absolute Gasteiger partial charge is 0.468 e. The number of rotatable bonds is 3. The zero-order valence-electron chi connectivity index (χ0n) is 10.2. The highest BCUT2D eigenvalue weighted by Gasteiger charge is 2.07. The van der Waals surface area contributed by atoms with Crippen LogP contribution in [0.5, 0.6) is 6.01 Å². The van der Waals surface area contributed by atoms with E-state index in [-0.39, 0.29) is 5.56 Å². The van der Waals surface area contributed by atoms with Crippen LogP contribution in [0, 0.1) is 6.92 Å². The van der Waals surface area contributed by atoms with Gasteiger partial charge in [-0.05, 0) is 24.6 Å². The summed E-state index contributed by atoms with van der Waals surface area (Å²) in [7, 11) is 1.50. The zero-order valence-corrected chi connectivity index (χ0v) is 10.9. The number of aromatic nitrogens is 2. The second-order valence-electron chi connectivity index (χ2n) is 3.94. The molecule has 0 amide bonds. The van der Waals surface area contributed by atoms with E-state index in [1.54, 1.807) is 19.1 Å². The Morgan fingerprint density at radius 1 is 1.33 bits per heavy atom. The molecule has 5 heteroatoms. The number of hydrogen-bond donors (Lipinski definition) is 0. The Morgan fingerprint density at radius 2 is 2.00 bits per heavy atom. The molecule has 1 aromatic heterocycles. The highest BCUT2D eigenvalue weighted by molar-refractivity contribution is 6.30. The van der Waals surface area contributed by atoms with Crippen LogP contribution in [0.3, 0.4) is 0 Å². The Bertz CT molecular complexity index is 605. The lowest BCUT2D eigenvalue weighted by molar-refractivity contribution is 0.350. The predicted octanol–water partition coefficient (Wildman–Crippen LogP) is 2.26. The zero-order chi connectivity index (χ0) is 13.1. The molecular formula is C13H13ClN2O2. The van der Waals surface area contributed by atoms with Crippen LogP contribution in [0.25, 0.3) is 0 Å². The van der Waals surface area contributed by atoms with Crippen molar-refractivity contribution in [3.63, 3.8) is 0 Å². The van der Waals surface area contributed by atoms with E-state index in [0.717, 1.165) is 5.56 Å². The second kappa shape index (κ2) is 5.23. The third-order valence-corrected chi connectivity index (χ3v) is 2.79. The molecule has 18 heavy (non-hydrogen) atoms. The van der Waals surface area contributed by atoms with Crippen LogP contribution in [0.4, 0.5) is 0 Å². The summed E-state index contributed by atoms with van der Waals surface area (Å²) in [5.74, 6) is 0. The number of methoxy groups -OCH3 is 1. The van der Waals surface area contributed by atoms with Crippen molar-refractivity contribution in [3.05, 3.63) is 57.0 Å². The molecule has 0 bridgehead atoms. The van der Waals surface area contributed by atoms with Gasteiger partial charge in [-0.1, -0.05) is 23.7 Å². The fourth-order valence-electron chi connectivity index (χ4n) is 1.67. The van der Waals surface area contributed by atoms with Crippen LogP contribution in [0.1, 0.15) is 11.3 Å². The Kier molecular flexibility index (Phi) is 3.67. The summed E-state index contributed by atoms with van der Waals surface area (Å²) in [5.41, 5.74) is 1.48. The van der Waals surface area contributed by atoms with Gasteiger partial charge in [0.2, 0.25) is 0 Å². The normalized spacial score (nSPS) is 10.4. The molecule has 0 saturated heterocycles. The molecule has 0 saturated carbocycles. The molecule has 0 spiro atoms. The number of halogens is 1. The van der Waals surface area contributed by atoms with E-state index in [4.69, 9.17) is 16.3 Å². The molecule has 0 aliphatic heterocycles. The van der Waals surface area contributed by atoms with Gasteiger partial charge in [0.05, 0.1) is 13.7 Å². The first-order valence-electron chi connectivity index (χ1n) is 5.47. The third-order valence-electron chi connectivity index (χ3n) is 2.54. The van der Waals surface area contributed by atoms with Gasteiger partial charge in [0, 0.05) is 16.8 Å². The maximum absolute atomic E-state index is 11.9. The first kappa shape index (κ1) is 12.6. The summed E-state index contributed by atoms with van der Waals surface area (Å²) in [6.07, 6.45) is 0. The van der Waals surface area contributed by atoms with Gasteiger partial charge in [0.15, 0.2) is 0 Å². The summed E-state index contributed by atoms with van der Waals surface area (Å²) in [6.45, 7) is 2.17. The predicted molar refractivity (Wildman–Crippen MR) is 70.3 cm³/mol. The minimum atomic E-state index is -0.130. The molecule has 0 atom stereocenters. The van der Waals surface area contributed by atoms with Crippen molar-refractivity contribution in [3.8, 4) is 6.01 Å². The van der Waals surface area contributed by atoms with Crippen molar-refractivity contribution in [1.29, 1.82) is 0 Å². The molecule has 94 valence electrons. The monoisotopic (exact) mass is 264 g/mol. The molecule has 0 radical (unpaired) electrons. The molecule has 1 aromatic carbocycles. The van der Waals surface area contributed by atoms with E-state index >= 15 is 0 Å². The summed E-state index contributed by atoms with van der Waals surface area (Å²) in [4.78, 5) is 16.1. The van der Waals surface area contributed by atoms with Crippen LogP contribution >= 0.6 is 11.6 Å². The number of benzene rings is 1.